The number of likely N-dealkylation sites (tertiary alicyclic amines) is 1. The number of allylic oxidation sites excluding steroid dienone is 1. The molecule has 4 heteroatoms. The first kappa shape index (κ1) is 12.7. The molecule has 1 fully saturated rings. The monoisotopic (exact) mass is 225 g/mol. The van der Waals surface area contributed by atoms with Crippen LogP contribution < -0.4 is 0 Å². The van der Waals surface area contributed by atoms with Crippen molar-refractivity contribution in [3.8, 4) is 0 Å². The van der Waals surface area contributed by atoms with Gasteiger partial charge in [0.05, 0.1) is 0 Å². The molecule has 1 unspecified atom stereocenters. The highest BCUT2D eigenvalue weighted by Gasteiger charge is 2.43. The Morgan fingerprint density at radius 2 is 2.19 bits per heavy atom. The second-order valence-corrected chi connectivity index (χ2v) is 4.41. The van der Waals surface area contributed by atoms with Crippen molar-refractivity contribution in [1.82, 2.24) is 4.90 Å². The van der Waals surface area contributed by atoms with Crippen LogP contribution >= 0.6 is 0 Å². The van der Waals surface area contributed by atoms with Gasteiger partial charge >= 0.3 is 5.97 Å². The van der Waals surface area contributed by atoms with Crippen LogP contribution in [0.5, 0.6) is 0 Å². The van der Waals surface area contributed by atoms with Crippen LogP contribution in [0, 0.1) is 0 Å². The Morgan fingerprint density at radius 3 is 2.75 bits per heavy atom. The zero-order valence-corrected chi connectivity index (χ0v) is 9.74. The highest BCUT2D eigenvalue weighted by Crippen LogP contribution is 2.29. The number of rotatable bonds is 4. The molecule has 1 heterocycles. The second kappa shape index (κ2) is 5.14. The Kier molecular flexibility index (Phi) is 4.10. The first-order chi connectivity index (χ1) is 7.52. The Labute approximate surface area is 95.9 Å². The van der Waals surface area contributed by atoms with Gasteiger partial charge in [0.15, 0.2) is 0 Å². The van der Waals surface area contributed by atoms with Crippen LogP contribution in [0.15, 0.2) is 12.7 Å². The fraction of sp³-hybridized carbons (Fsp3) is 0.667. The third kappa shape index (κ3) is 2.43. The van der Waals surface area contributed by atoms with E-state index in [-0.39, 0.29) is 5.91 Å². The van der Waals surface area contributed by atoms with Crippen molar-refractivity contribution in [2.75, 3.05) is 6.54 Å². The van der Waals surface area contributed by atoms with Gasteiger partial charge in [-0.2, -0.15) is 0 Å². The molecule has 0 aromatic rings. The predicted octanol–water partition coefficient (Wildman–Crippen LogP) is 1.81. The van der Waals surface area contributed by atoms with E-state index in [1.54, 1.807) is 13.0 Å². The minimum atomic E-state index is -1.02. The van der Waals surface area contributed by atoms with Crippen molar-refractivity contribution in [2.24, 2.45) is 0 Å². The van der Waals surface area contributed by atoms with Gasteiger partial charge in [-0.25, -0.2) is 4.79 Å². The predicted molar refractivity (Wildman–Crippen MR) is 61.0 cm³/mol. The third-order valence-electron chi connectivity index (χ3n) is 3.22. The molecule has 1 saturated heterocycles. The van der Waals surface area contributed by atoms with E-state index in [0.29, 0.717) is 25.8 Å². The van der Waals surface area contributed by atoms with Crippen molar-refractivity contribution >= 4 is 11.9 Å². The van der Waals surface area contributed by atoms with Gasteiger partial charge < -0.3 is 10.0 Å². The Bertz CT molecular complexity index is 301. The van der Waals surface area contributed by atoms with Crippen molar-refractivity contribution < 1.29 is 14.7 Å². The number of carbonyl (C=O) groups excluding carboxylic acids is 1. The van der Waals surface area contributed by atoms with E-state index in [0.717, 1.165) is 12.8 Å². The summed E-state index contributed by atoms with van der Waals surface area (Å²) in [6.07, 6.45) is 4.94. The van der Waals surface area contributed by atoms with Gasteiger partial charge in [-0.3, -0.25) is 4.79 Å². The molecular formula is C12H19NO3. The maximum Gasteiger partial charge on any atom is 0.329 e. The number of amides is 1. The second-order valence-electron chi connectivity index (χ2n) is 4.41. The average Bonchev–Trinajstić information content (AvgIpc) is 2.26. The van der Waals surface area contributed by atoms with Gasteiger partial charge in [0, 0.05) is 13.0 Å². The zero-order chi connectivity index (χ0) is 12.2. The standard InChI is InChI=1S/C12H19NO3/c1-3-4-7-10(14)13-9-6-5-8-12(13,2)11(15)16/h3H,1,4-9H2,2H3,(H,15,16). The lowest BCUT2D eigenvalue weighted by Gasteiger charge is -2.41. The zero-order valence-electron chi connectivity index (χ0n) is 9.74. The molecule has 1 N–H and O–H groups in total. The number of hydrogen-bond donors (Lipinski definition) is 1. The van der Waals surface area contributed by atoms with Gasteiger partial charge in [-0.15, -0.1) is 6.58 Å². The van der Waals surface area contributed by atoms with Crippen LogP contribution in [0.1, 0.15) is 39.0 Å². The molecule has 4 nitrogen and oxygen atoms in total. The molecule has 16 heavy (non-hydrogen) atoms. The molecule has 1 atom stereocenters. The van der Waals surface area contributed by atoms with Crippen molar-refractivity contribution in [1.29, 1.82) is 0 Å². The van der Waals surface area contributed by atoms with Crippen molar-refractivity contribution in [3.05, 3.63) is 12.7 Å². The number of carbonyl (C=O) groups is 2. The number of hydrogen-bond acceptors (Lipinski definition) is 2. The highest BCUT2D eigenvalue weighted by atomic mass is 16.4. The van der Waals surface area contributed by atoms with Gasteiger partial charge in [0.1, 0.15) is 5.54 Å². The summed E-state index contributed by atoms with van der Waals surface area (Å²) in [5.74, 6) is -0.983. The summed E-state index contributed by atoms with van der Waals surface area (Å²) in [6.45, 7) is 5.76. The first-order valence-electron chi connectivity index (χ1n) is 5.67. The molecule has 0 aromatic heterocycles. The fourth-order valence-corrected chi connectivity index (χ4v) is 2.10. The number of nitrogens with zero attached hydrogens (tertiary/aromatic N) is 1. The minimum Gasteiger partial charge on any atom is -0.480 e. The lowest BCUT2D eigenvalue weighted by Crippen LogP contribution is -2.57. The Morgan fingerprint density at radius 1 is 1.50 bits per heavy atom. The van der Waals surface area contributed by atoms with Gasteiger partial charge in [-0.1, -0.05) is 6.08 Å². The molecule has 0 aromatic carbocycles. The Hall–Kier alpha value is -1.32. The van der Waals surface area contributed by atoms with Crippen LogP contribution in [0.3, 0.4) is 0 Å². The third-order valence-corrected chi connectivity index (χ3v) is 3.22. The summed E-state index contributed by atoms with van der Waals surface area (Å²) in [4.78, 5) is 24.7. The molecule has 0 spiro atoms. The maximum absolute atomic E-state index is 11.9. The quantitative estimate of drug-likeness (QED) is 0.742. The van der Waals surface area contributed by atoms with E-state index < -0.39 is 11.5 Å². The average molecular weight is 225 g/mol. The van der Waals surface area contributed by atoms with E-state index in [9.17, 15) is 14.7 Å². The lowest BCUT2D eigenvalue weighted by atomic mass is 9.88. The van der Waals surface area contributed by atoms with Crippen LogP contribution in [0.2, 0.25) is 0 Å². The number of aliphatic carboxylic acids is 1. The van der Waals surface area contributed by atoms with E-state index in [4.69, 9.17) is 0 Å². The molecule has 90 valence electrons. The van der Waals surface area contributed by atoms with Gasteiger partial charge in [-0.05, 0) is 32.6 Å². The van der Waals surface area contributed by atoms with Gasteiger partial charge in [0.2, 0.25) is 5.91 Å². The van der Waals surface area contributed by atoms with Crippen LogP contribution in [-0.2, 0) is 9.59 Å². The normalized spacial score (nSPS) is 25.2. The maximum atomic E-state index is 11.9. The molecule has 1 aliphatic rings. The number of carboxylic acids is 1. The Balaban J connectivity index is 2.77. The molecular weight excluding hydrogens is 206 g/mol. The van der Waals surface area contributed by atoms with Crippen LogP contribution in [-0.4, -0.2) is 34.0 Å². The summed E-state index contributed by atoms with van der Waals surface area (Å²) in [5, 5.41) is 9.23. The summed E-state index contributed by atoms with van der Waals surface area (Å²) < 4.78 is 0. The molecule has 0 bridgehead atoms. The number of piperidine rings is 1. The van der Waals surface area contributed by atoms with Gasteiger partial charge in [0.25, 0.3) is 0 Å². The minimum absolute atomic E-state index is 0.0792. The molecule has 0 aliphatic carbocycles. The van der Waals surface area contributed by atoms with Crippen molar-refractivity contribution in [2.45, 2.75) is 44.6 Å². The summed E-state index contributed by atoms with van der Waals surface area (Å²) >= 11 is 0. The van der Waals surface area contributed by atoms with Crippen LogP contribution in [0.25, 0.3) is 0 Å². The molecule has 1 amide bonds. The fourth-order valence-electron chi connectivity index (χ4n) is 2.10. The summed E-state index contributed by atoms with van der Waals surface area (Å²) in [6, 6.07) is 0. The smallest absolute Gasteiger partial charge is 0.329 e. The molecule has 1 rings (SSSR count). The first-order valence-corrected chi connectivity index (χ1v) is 5.67. The van der Waals surface area contributed by atoms with E-state index >= 15 is 0 Å². The van der Waals surface area contributed by atoms with Crippen LogP contribution in [0.4, 0.5) is 0 Å². The molecule has 1 aliphatic heterocycles. The highest BCUT2D eigenvalue weighted by molar-refractivity contribution is 5.87. The largest absolute Gasteiger partial charge is 0.480 e. The van der Waals surface area contributed by atoms with E-state index in [1.807, 2.05) is 0 Å². The molecule has 0 radical (unpaired) electrons. The SMILES string of the molecule is C=CCCC(=O)N1CCCCC1(C)C(=O)O. The van der Waals surface area contributed by atoms with Crippen molar-refractivity contribution in [3.63, 3.8) is 0 Å². The summed E-state index contributed by atoms with van der Waals surface area (Å²) in [7, 11) is 0. The molecule has 0 saturated carbocycles. The number of carboxylic acid groups (broad SMARTS) is 1. The summed E-state index contributed by atoms with van der Waals surface area (Å²) in [5.41, 5.74) is -1.02. The lowest BCUT2D eigenvalue weighted by molar-refractivity contribution is -0.160. The topological polar surface area (TPSA) is 57.6 Å². The van der Waals surface area contributed by atoms with E-state index in [1.165, 1.54) is 4.90 Å². The van der Waals surface area contributed by atoms with E-state index in [2.05, 4.69) is 6.58 Å².